The molecule has 146 valence electrons. The summed E-state index contributed by atoms with van der Waals surface area (Å²) in [4.78, 5) is 6.77. The maximum absolute atomic E-state index is 5.42. The van der Waals surface area contributed by atoms with Crippen LogP contribution < -0.4 is 19.7 Å². The van der Waals surface area contributed by atoms with Crippen LogP contribution in [0.3, 0.4) is 0 Å². The molecule has 0 bridgehead atoms. The molecule has 0 aliphatic rings. The standard InChI is InChI=1S/C21H25N5O2/c1-15(2)26(14-16-8-6-5-7-9-16)21-24-20(13-22-25-21)23-18-12-17(27-3)10-11-19(18)28-4/h5-13,15H,14H2,1-4H3,(H,23,24,25). The molecular weight excluding hydrogens is 354 g/mol. The van der Waals surface area contributed by atoms with E-state index in [1.807, 2.05) is 36.4 Å². The summed E-state index contributed by atoms with van der Waals surface area (Å²) in [6.45, 7) is 4.92. The number of aromatic nitrogens is 3. The van der Waals surface area contributed by atoms with Gasteiger partial charge in [-0.15, -0.1) is 5.10 Å². The van der Waals surface area contributed by atoms with Gasteiger partial charge in [0, 0.05) is 18.7 Å². The van der Waals surface area contributed by atoms with Gasteiger partial charge in [0.15, 0.2) is 5.82 Å². The monoisotopic (exact) mass is 379 g/mol. The second-order valence-electron chi connectivity index (χ2n) is 6.54. The largest absolute Gasteiger partial charge is 0.497 e. The number of nitrogens with zero attached hydrogens (tertiary/aromatic N) is 4. The Labute approximate surface area is 165 Å². The van der Waals surface area contributed by atoms with Crippen LogP contribution in [-0.2, 0) is 6.54 Å². The van der Waals surface area contributed by atoms with Crippen molar-refractivity contribution in [2.45, 2.75) is 26.4 Å². The quantitative estimate of drug-likeness (QED) is 0.633. The molecule has 0 aliphatic heterocycles. The molecule has 28 heavy (non-hydrogen) atoms. The van der Waals surface area contributed by atoms with Crippen molar-refractivity contribution < 1.29 is 9.47 Å². The Kier molecular flexibility index (Phi) is 6.26. The fourth-order valence-corrected chi connectivity index (χ4v) is 2.79. The van der Waals surface area contributed by atoms with Crippen molar-refractivity contribution in [2.24, 2.45) is 0 Å². The van der Waals surface area contributed by atoms with Crippen molar-refractivity contribution in [1.29, 1.82) is 0 Å². The van der Waals surface area contributed by atoms with Gasteiger partial charge in [-0.2, -0.15) is 10.1 Å². The second-order valence-corrected chi connectivity index (χ2v) is 6.54. The number of benzene rings is 2. The molecule has 3 aromatic rings. The Bertz CT molecular complexity index is 902. The number of methoxy groups -OCH3 is 2. The minimum atomic E-state index is 0.212. The molecule has 0 radical (unpaired) electrons. The zero-order chi connectivity index (χ0) is 19.9. The maximum Gasteiger partial charge on any atom is 0.247 e. The summed E-state index contributed by atoms with van der Waals surface area (Å²) in [5, 5.41) is 11.6. The first-order valence-corrected chi connectivity index (χ1v) is 9.10. The second kappa shape index (κ2) is 9.03. The van der Waals surface area contributed by atoms with Gasteiger partial charge in [-0.25, -0.2) is 0 Å². The van der Waals surface area contributed by atoms with Gasteiger partial charge >= 0.3 is 0 Å². The zero-order valence-corrected chi connectivity index (χ0v) is 16.6. The minimum Gasteiger partial charge on any atom is -0.497 e. The fourth-order valence-electron chi connectivity index (χ4n) is 2.79. The van der Waals surface area contributed by atoms with Gasteiger partial charge in [0.2, 0.25) is 5.95 Å². The number of rotatable bonds is 8. The first-order chi connectivity index (χ1) is 13.6. The highest BCUT2D eigenvalue weighted by Crippen LogP contribution is 2.31. The molecule has 0 atom stereocenters. The normalized spacial score (nSPS) is 10.6. The smallest absolute Gasteiger partial charge is 0.247 e. The van der Waals surface area contributed by atoms with E-state index in [0.29, 0.717) is 24.1 Å². The van der Waals surface area contributed by atoms with Crippen LogP contribution in [0.25, 0.3) is 0 Å². The van der Waals surface area contributed by atoms with E-state index in [0.717, 1.165) is 11.4 Å². The molecule has 0 spiro atoms. The van der Waals surface area contributed by atoms with Crippen molar-refractivity contribution in [3.8, 4) is 11.5 Å². The Morgan fingerprint density at radius 2 is 1.82 bits per heavy atom. The van der Waals surface area contributed by atoms with Gasteiger partial charge < -0.3 is 19.7 Å². The van der Waals surface area contributed by atoms with Crippen LogP contribution in [0.15, 0.2) is 54.7 Å². The molecule has 0 aliphatic carbocycles. The van der Waals surface area contributed by atoms with Crippen LogP contribution >= 0.6 is 0 Å². The molecule has 0 fully saturated rings. The van der Waals surface area contributed by atoms with Gasteiger partial charge in [0.25, 0.3) is 0 Å². The SMILES string of the molecule is COc1ccc(OC)c(Nc2cnnc(N(Cc3ccccc3)C(C)C)n2)c1. The first-order valence-electron chi connectivity index (χ1n) is 9.10. The molecule has 7 heteroatoms. The lowest BCUT2D eigenvalue weighted by Gasteiger charge is -2.26. The lowest BCUT2D eigenvalue weighted by Crippen LogP contribution is -2.32. The number of nitrogens with one attached hydrogen (secondary N) is 1. The average molecular weight is 379 g/mol. The molecule has 3 rings (SSSR count). The van der Waals surface area contributed by atoms with Gasteiger partial charge in [0.05, 0.1) is 26.1 Å². The Hall–Kier alpha value is -3.35. The van der Waals surface area contributed by atoms with E-state index in [9.17, 15) is 0 Å². The molecule has 0 saturated heterocycles. The van der Waals surface area contributed by atoms with Crippen LogP contribution in [0.2, 0.25) is 0 Å². The topological polar surface area (TPSA) is 72.4 Å². The third-order valence-corrected chi connectivity index (χ3v) is 4.29. The van der Waals surface area contributed by atoms with E-state index in [2.05, 4.69) is 51.4 Å². The van der Waals surface area contributed by atoms with Gasteiger partial charge in [0.1, 0.15) is 11.5 Å². The summed E-state index contributed by atoms with van der Waals surface area (Å²) in [5.41, 5.74) is 1.93. The van der Waals surface area contributed by atoms with E-state index in [1.54, 1.807) is 20.4 Å². The Morgan fingerprint density at radius 3 is 2.50 bits per heavy atom. The lowest BCUT2D eigenvalue weighted by molar-refractivity contribution is 0.405. The van der Waals surface area contributed by atoms with Crippen molar-refractivity contribution in [2.75, 3.05) is 24.4 Å². The highest BCUT2D eigenvalue weighted by molar-refractivity contribution is 5.66. The van der Waals surface area contributed by atoms with Gasteiger partial charge in [-0.1, -0.05) is 30.3 Å². The molecule has 0 amide bonds. The summed E-state index contributed by atoms with van der Waals surface area (Å²) in [7, 11) is 3.25. The van der Waals surface area contributed by atoms with Gasteiger partial charge in [-0.3, -0.25) is 0 Å². The number of anilines is 3. The summed E-state index contributed by atoms with van der Waals surface area (Å²) in [5.74, 6) is 2.55. The summed E-state index contributed by atoms with van der Waals surface area (Å²) < 4.78 is 10.7. The van der Waals surface area contributed by atoms with E-state index < -0.39 is 0 Å². The van der Waals surface area contributed by atoms with Crippen LogP contribution in [0.4, 0.5) is 17.5 Å². The molecule has 0 unspecified atom stereocenters. The third kappa shape index (κ3) is 4.68. The lowest BCUT2D eigenvalue weighted by atomic mass is 10.2. The van der Waals surface area contributed by atoms with Gasteiger partial charge in [-0.05, 0) is 31.5 Å². The van der Waals surface area contributed by atoms with Crippen molar-refractivity contribution >= 4 is 17.5 Å². The molecule has 1 N–H and O–H groups in total. The summed E-state index contributed by atoms with van der Waals surface area (Å²) in [6.07, 6.45) is 1.59. The summed E-state index contributed by atoms with van der Waals surface area (Å²) in [6, 6.07) is 16.0. The van der Waals surface area contributed by atoms with Crippen molar-refractivity contribution in [3.05, 3.63) is 60.3 Å². The zero-order valence-electron chi connectivity index (χ0n) is 16.6. The molecule has 2 aromatic carbocycles. The first kappa shape index (κ1) is 19.4. The van der Waals surface area contributed by atoms with Crippen LogP contribution in [0, 0.1) is 0 Å². The Balaban J connectivity index is 1.87. The Morgan fingerprint density at radius 1 is 1.04 bits per heavy atom. The van der Waals surface area contributed by atoms with Crippen LogP contribution in [0.5, 0.6) is 11.5 Å². The average Bonchev–Trinajstić information content (AvgIpc) is 2.72. The van der Waals surface area contributed by atoms with Crippen LogP contribution in [0.1, 0.15) is 19.4 Å². The number of ether oxygens (including phenoxy) is 2. The molecular formula is C21H25N5O2. The predicted octanol–water partition coefficient (Wildman–Crippen LogP) is 4.05. The van der Waals surface area contributed by atoms with Crippen LogP contribution in [-0.4, -0.2) is 35.4 Å². The predicted molar refractivity (Wildman–Crippen MR) is 110 cm³/mol. The highest BCUT2D eigenvalue weighted by atomic mass is 16.5. The highest BCUT2D eigenvalue weighted by Gasteiger charge is 2.16. The van der Waals surface area contributed by atoms with E-state index in [-0.39, 0.29) is 6.04 Å². The van der Waals surface area contributed by atoms with Crippen molar-refractivity contribution in [1.82, 2.24) is 15.2 Å². The summed E-state index contributed by atoms with van der Waals surface area (Å²) >= 11 is 0. The third-order valence-electron chi connectivity index (χ3n) is 4.29. The molecule has 1 heterocycles. The van der Waals surface area contributed by atoms with E-state index in [1.165, 1.54) is 5.56 Å². The van der Waals surface area contributed by atoms with Crippen molar-refractivity contribution in [3.63, 3.8) is 0 Å². The molecule has 1 aromatic heterocycles. The fraction of sp³-hybridized carbons (Fsp3) is 0.286. The molecule has 0 saturated carbocycles. The van der Waals surface area contributed by atoms with E-state index >= 15 is 0 Å². The number of hydrogen-bond acceptors (Lipinski definition) is 7. The number of hydrogen-bond donors (Lipinski definition) is 1. The van der Waals surface area contributed by atoms with E-state index in [4.69, 9.17) is 9.47 Å². The molecule has 7 nitrogen and oxygen atoms in total. The maximum atomic E-state index is 5.42. The minimum absolute atomic E-state index is 0.212.